The van der Waals surface area contributed by atoms with Crippen LogP contribution in [-0.2, 0) is 4.74 Å². The Balaban J connectivity index is 2.11. The van der Waals surface area contributed by atoms with Crippen molar-refractivity contribution in [3.63, 3.8) is 0 Å². The van der Waals surface area contributed by atoms with E-state index in [-0.39, 0.29) is 30.0 Å². The van der Waals surface area contributed by atoms with Gasteiger partial charge in [0.1, 0.15) is 11.4 Å². The number of hydrogen-bond donors (Lipinski definition) is 1. The number of nitrogens with zero attached hydrogens (tertiary/aromatic N) is 2. The molecule has 0 aromatic carbocycles. The molecule has 0 atom stereocenters. The lowest BCUT2D eigenvalue weighted by atomic mass is 9.92. The smallest absolute Gasteiger partial charge is 0.410 e. The van der Waals surface area contributed by atoms with Crippen LogP contribution in [0.25, 0.3) is 0 Å². The molecule has 0 saturated carbocycles. The van der Waals surface area contributed by atoms with Gasteiger partial charge in [0.2, 0.25) is 0 Å². The number of amides is 1. The van der Waals surface area contributed by atoms with Gasteiger partial charge in [0.25, 0.3) is 0 Å². The summed E-state index contributed by atoms with van der Waals surface area (Å²) in [7, 11) is 0. The van der Waals surface area contributed by atoms with Gasteiger partial charge in [0, 0.05) is 25.2 Å². The van der Waals surface area contributed by atoms with Crippen molar-refractivity contribution in [2.75, 3.05) is 18.8 Å². The molecule has 0 spiro atoms. The van der Waals surface area contributed by atoms with Crippen LogP contribution >= 0.6 is 0 Å². The zero-order valence-corrected chi connectivity index (χ0v) is 10.8. The Kier molecular flexibility index (Phi) is 2.29. The van der Waals surface area contributed by atoms with Crippen molar-refractivity contribution >= 4 is 11.9 Å². The summed E-state index contributed by atoms with van der Waals surface area (Å²) >= 11 is 0. The number of nitrogens with two attached hydrogens (primary N) is 1. The molecule has 0 aliphatic carbocycles. The number of likely N-dealkylation sites (tertiary alicyclic amines) is 1. The predicted molar refractivity (Wildman–Crippen MR) is 69.2 cm³/mol. The Morgan fingerprint density at radius 2 is 2.28 bits per heavy atom. The number of ether oxygens (including phenoxy) is 1. The van der Waals surface area contributed by atoms with Crippen molar-refractivity contribution < 1.29 is 13.6 Å². The Morgan fingerprint density at radius 1 is 1.61 bits per heavy atom. The van der Waals surface area contributed by atoms with Gasteiger partial charge in [-0.15, -0.1) is 0 Å². The summed E-state index contributed by atoms with van der Waals surface area (Å²) in [5.74, 6) is -0.228. The molecule has 0 unspecified atom stereocenters. The summed E-state index contributed by atoms with van der Waals surface area (Å²) in [6, 6.07) is -0.118. The molecular weight excluding hydrogens is 230 g/mol. The molecule has 1 aromatic rings. The molecule has 2 heterocycles. The largest absolute Gasteiger partial charge is 0.444 e. The van der Waals surface area contributed by atoms with E-state index in [0.29, 0.717) is 18.7 Å². The molecule has 2 rings (SSSR count). The summed E-state index contributed by atoms with van der Waals surface area (Å²) in [6.45, 7) is 6.09. The molecule has 0 bridgehead atoms. The van der Waals surface area contributed by atoms with Crippen LogP contribution in [0.15, 0.2) is 18.3 Å². The van der Waals surface area contributed by atoms with E-state index in [2.05, 4.69) is 4.98 Å². The first-order chi connectivity index (χ1) is 9.60. The first kappa shape index (κ1) is 9.19. The number of rotatable bonds is 1. The molecule has 1 amide bonds. The van der Waals surface area contributed by atoms with E-state index >= 15 is 0 Å². The van der Waals surface area contributed by atoms with E-state index in [4.69, 9.17) is 14.6 Å². The Labute approximate surface area is 111 Å². The van der Waals surface area contributed by atoms with E-state index in [9.17, 15) is 4.79 Å². The van der Waals surface area contributed by atoms with Crippen LogP contribution in [0, 0.1) is 0 Å². The summed E-state index contributed by atoms with van der Waals surface area (Å²) in [4.78, 5) is 17.0. The van der Waals surface area contributed by atoms with Crippen LogP contribution in [-0.4, -0.2) is 34.7 Å². The number of hydrogen-bond acceptors (Lipinski definition) is 4. The standard InChI is InChI=1S/C13H19N3O2/c1-13(2,3)18-12(17)16-7-10(8-16)9-4-5-15-11(14)6-9/h4-6,10H,7-8H2,1-3H3,(H2,14,15)/i4D,5D,6D. The van der Waals surface area contributed by atoms with E-state index < -0.39 is 11.7 Å². The lowest BCUT2D eigenvalue weighted by Gasteiger charge is -2.40. The molecule has 1 aliphatic rings. The third-order valence-corrected chi connectivity index (χ3v) is 2.57. The van der Waals surface area contributed by atoms with Crippen LogP contribution in [0.1, 0.15) is 36.4 Å². The molecule has 5 heteroatoms. The fourth-order valence-corrected chi connectivity index (χ4v) is 1.69. The summed E-state index contributed by atoms with van der Waals surface area (Å²) in [5.41, 5.74) is 5.40. The fraction of sp³-hybridized carbons (Fsp3) is 0.538. The van der Waals surface area contributed by atoms with Crippen molar-refractivity contribution in [1.29, 1.82) is 0 Å². The van der Waals surface area contributed by atoms with Crippen LogP contribution in [0.4, 0.5) is 10.6 Å². The summed E-state index contributed by atoms with van der Waals surface area (Å²) in [5, 5.41) is 0. The van der Waals surface area contributed by atoms with Crippen LogP contribution in [0.2, 0.25) is 0 Å². The molecule has 1 fully saturated rings. The highest BCUT2D eigenvalue weighted by Gasteiger charge is 2.34. The zero-order valence-electron chi connectivity index (χ0n) is 13.8. The molecule has 18 heavy (non-hydrogen) atoms. The van der Waals surface area contributed by atoms with Crippen molar-refractivity contribution in [1.82, 2.24) is 9.88 Å². The zero-order chi connectivity index (χ0) is 15.9. The minimum absolute atomic E-state index is 0.0233. The van der Waals surface area contributed by atoms with Gasteiger partial charge >= 0.3 is 6.09 Å². The average molecular weight is 252 g/mol. The molecule has 1 aromatic heterocycles. The topological polar surface area (TPSA) is 68.5 Å². The Hall–Kier alpha value is -1.78. The van der Waals surface area contributed by atoms with Gasteiger partial charge in [-0.2, -0.15) is 0 Å². The van der Waals surface area contributed by atoms with Crippen molar-refractivity contribution in [2.45, 2.75) is 32.3 Å². The Morgan fingerprint density at radius 3 is 2.89 bits per heavy atom. The maximum Gasteiger partial charge on any atom is 0.410 e. The quantitative estimate of drug-likeness (QED) is 0.830. The summed E-state index contributed by atoms with van der Waals surface area (Å²) in [6.07, 6.45) is -0.654. The third kappa shape index (κ3) is 2.91. The van der Waals surface area contributed by atoms with E-state index in [1.807, 2.05) is 0 Å². The van der Waals surface area contributed by atoms with Gasteiger partial charge in [-0.3, -0.25) is 0 Å². The van der Waals surface area contributed by atoms with Gasteiger partial charge < -0.3 is 15.4 Å². The second-order valence-electron chi connectivity index (χ2n) is 5.35. The van der Waals surface area contributed by atoms with E-state index in [0.717, 1.165) is 0 Å². The maximum absolute atomic E-state index is 11.9. The van der Waals surface area contributed by atoms with Crippen molar-refractivity contribution in [3.05, 3.63) is 23.8 Å². The number of pyridine rings is 1. The number of anilines is 1. The van der Waals surface area contributed by atoms with Crippen LogP contribution < -0.4 is 5.73 Å². The number of aromatic nitrogens is 1. The average Bonchev–Trinajstić information content (AvgIpc) is 2.26. The molecule has 1 saturated heterocycles. The van der Waals surface area contributed by atoms with E-state index in [1.54, 1.807) is 20.8 Å². The lowest BCUT2D eigenvalue weighted by Crippen LogP contribution is -2.50. The van der Waals surface area contributed by atoms with E-state index in [1.165, 1.54) is 4.90 Å². The first-order valence-electron chi connectivity index (χ1n) is 7.31. The minimum atomic E-state index is -0.557. The highest BCUT2D eigenvalue weighted by molar-refractivity contribution is 5.69. The Bertz CT molecular complexity index is 555. The number of carbonyl (C=O) groups excluding carboxylic acids is 1. The van der Waals surface area contributed by atoms with Gasteiger partial charge in [-0.25, -0.2) is 9.78 Å². The van der Waals surface area contributed by atoms with Gasteiger partial charge in [0.15, 0.2) is 0 Å². The molecule has 98 valence electrons. The number of carbonyl (C=O) groups is 1. The maximum atomic E-state index is 11.9. The second-order valence-corrected chi connectivity index (χ2v) is 5.35. The van der Waals surface area contributed by atoms with Gasteiger partial charge in [-0.05, 0) is 38.4 Å². The molecule has 0 radical (unpaired) electrons. The third-order valence-electron chi connectivity index (χ3n) is 2.57. The van der Waals surface area contributed by atoms with Crippen molar-refractivity contribution in [2.24, 2.45) is 0 Å². The minimum Gasteiger partial charge on any atom is -0.444 e. The molecular formula is C13H19N3O2. The highest BCUT2D eigenvalue weighted by Crippen LogP contribution is 2.28. The predicted octanol–water partition coefficient (Wildman–Crippen LogP) is 2.00. The monoisotopic (exact) mass is 252 g/mol. The first-order valence-corrected chi connectivity index (χ1v) is 5.81. The van der Waals surface area contributed by atoms with Crippen LogP contribution in [0.3, 0.4) is 0 Å². The van der Waals surface area contributed by atoms with Crippen molar-refractivity contribution in [3.8, 4) is 0 Å². The normalized spacial score (nSPS) is 18.6. The highest BCUT2D eigenvalue weighted by atomic mass is 16.6. The number of nitrogen functional groups attached to an aromatic ring is 1. The molecule has 5 nitrogen and oxygen atoms in total. The molecule has 1 aliphatic heterocycles. The van der Waals surface area contributed by atoms with Gasteiger partial charge in [0.05, 0.1) is 4.11 Å². The lowest BCUT2D eigenvalue weighted by molar-refractivity contribution is 0.00820. The fourth-order valence-electron chi connectivity index (χ4n) is 1.69. The second kappa shape index (κ2) is 4.48. The molecule has 2 N–H and O–H groups in total. The van der Waals surface area contributed by atoms with Crippen LogP contribution in [0.5, 0.6) is 0 Å². The van der Waals surface area contributed by atoms with Gasteiger partial charge in [-0.1, -0.05) is 0 Å². The summed E-state index contributed by atoms with van der Waals surface area (Å²) < 4.78 is 28.6. The SMILES string of the molecule is [2H]c1nc(N)c([2H])c(C2CN(C(=O)OC(C)(C)C)C2)c1[2H].